The zero-order valence-corrected chi connectivity index (χ0v) is 18.8. The number of phenols is 1. The third kappa shape index (κ3) is 9.97. The molecule has 0 radical (unpaired) electrons. The Morgan fingerprint density at radius 3 is 2.31 bits per heavy atom. The van der Waals surface area contributed by atoms with Crippen molar-refractivity contribution in [1.82, 2.24) is 10.6 Å². The van der Waals surface area contributed by atoms with Gasteiger partial charge in [-0.1, -0.05) is 32.4 Å². The second-order valence-corrected chi connectivity index (χ2v) is 7.93. The van der Waals surface area contributed by atoms with E-state index in [1.165, 1.54) is 0 Å². The zero-order valence-electron chi connectivity index (χ0n) is 18.8. The highest BCUT2D eigenvalue weighted by molar-refractivity contribution is 5.89. The van der Waals surface area contributed by atoms with Gasteiger partial charge in [-0.15, -0.1) is 0 Å². The Morgan fingerprint density at radius 1 is 1.09 bits per heavy atom. The van der Waals surface area contributed by atoms with Crippen LogP contribution in [0.5, 0.6) is 5.75 Å². The highest BCUT2D eigenvalue weighted by Gasteiger charge is 2.29. The molecule has 0 saturated heterocycles. The van der Waals surface area contributed by atoms with Gasteiger partial charge in [-0.25, -0.2) is 0 Å². The summed E-state index contributed by atoms with van der Waals surface area (Å²) in [4.78, 5) is 29.2. The van der Waals surface area contributed by atoms with Gasteiger partial charge in [0, 0.05) is 6.54 Å². The molecule has 9 N–H and O–H groups in total. The topological polar surface area (TPSA) is 183 Å². The lowest BCUT2D eigenvalue weighted by Gasteiger charge is -2.27. The molecule has 0 saturated carbocycles. The van der Waals surface area contributed by atoms with Crippen LogP contribution in [0, 0.1) is 5.92 Å². The third-order valence-corrected chi connectivity index (χ3v) is 5.31. The van der Waals surface area contributed by atoms with E-state index in [0.717, 1.165) is 5.56 Å². The Labute approximate surface area is 189 Å². The number of aryl methyl sites for hydroxylation is 1. The predicted molar refractivity (Wildman–Crippen MR) is 123 cm³/mol. The van der Waals surface area contributed by atoms with Crippen LogP contribution >= 0.6 is 0 Å². The normalized spacial score (nSPS) is 14.6. The first kappa shape index (κ1) is 27.2. The summed E-state index contributed by atoms with van der Waals surface area (Å²) in [6, 6.07) is 5.18. The summed E-state index contributed by atoms with van der Waals surface area (Å²) in [5.74, 6) is -1.09. The molecule has 1 aromatic carbocycles. The SMILES string of the molecule is CC[C@H](C)[C@H](NC(=O)C(O)CCc1ccc(O)cc1)C(=O)N[C@H](CO)CCCN=C(N)N. The smallest absolute Gasteiger partial charge is 0.249 e. The number of guanidine groups is 1. The van der Waals surface area contributed by atoms with Gasteiger partial charge in [0.25, 0.3) is 0 Å². The Kier molecular flexibility index (Phi) is 12.1. The van der Waals surface area contributed by atoms with Gasteiger partial charge < -0.3 is 37.4 Å². The summed E-state index contributed by atoms with van der Waals surface area (Å²) < 4.78 is 0. The quantitative estimate of drug-likeness (QED) is 0.115. The number of hydrogen-bond donors (Lipinski definition) is 7. The lowest BCUT2D eigenvalue weighted by atomic mass is 9.97. The predicted octanol–water partition coefficient (Wildman–Crippen LogP) is -0.253. The van der Waals surface area contributed by atoms with E-state index in [0.29, 0.717) is 32.2 Å². The molecule has 0 aliphatic carbocycles. The van der Waals surface area contributed by atoms with Crippen molar-refractivity contribution in [2.45, 2.75) is 64.1 Å². The van der Waals surface area contributed by atoms with Crippen molar-refractivity contribution < 1.29 is 24.9 Å². The van der Waals surface area contributed by atoms with Crippen LogP contribution in [0.4, 0.5) is 0 Å². The number of phenolic OH excluding ortho intramolecular Hbond substituents is 1. The minimum atomic E-state index is -1.28. The molecule has 10 heteroatoms. The average molecular weight is 452 g/mol. The molecular formula is C22H37N5O5. The molecule has 1 rings (SSSR count). The number of aliphatic imine (C=N–C) groups is 1. The van der Waals surface area contributed by atoms with Crippen molar-refractivity contribution in [2.24, 2.45) is 22.4 Å². The van der Waals surface area contributed by atoms with Crippen LogP contribution in [-0.2, 0) is 16.0 Å². The van der Waals surface area contributed by atoms with E-state index >= 15 is 0 Å². The zero-order chi connectivity index (χ0) is 24.1. The lowest BCUT2D eigenvalue weighted by Crippen LogP contribution is -2.55. The van der Waals surface area contributed by atoms with Gasteiger partial charge >= 0.3 is 0 Å². The van der Waals surface area contributed by atoms with E-state index in [1.54, 1.807) is 24.3 Å². The maximum atomic E-state index is 12.8. The van der Waals surface area contributed by atoms with Crippen LogP contribution in [0.1, 0.15) is 45.1 Å². The number of benzene rings is 1. The number of hydrogen-bond acceptors (Lipinski definition) is 6. The minimum absolute atomic E-state index is 0.0156. The van der Waals surface area contributed by atoms with Crippen molar-refractivity contribution in [3.63, 3.8) is 0 Å². The number of carbonyl (C=O) groups excluding carboxylic acids is 2. The molecule has 0 heterocycles. The summed E-state index contributed by atoms with van der Waals surface area (Å²) >= 11 is 0. The maximum absolute atomic E-state index is 12.8. The molecule has 0 aliphatic heterocycles. The van der Waals surface area contributed by atoms with Gasteiger partial charge in [-0.2, -0.15) is 0 Å². The van der Waals surface area contributed by atoms with Crippen LogP contribution in [0.25, 0.3) is 0 Å². The molecule has 0 fully saturated rings. The highest BCUT2D eigenvalue weighted by Crippen LogP contribution is 2.13. The second kappa shape index (κ2) is 14.3. The van der Waals surface area contributed by atoms with E-state index in [4.69, 9.17) is 11.5 Å². The first-order chi connectivity index (χ1) is 15.2. The second-order valence-electron chi connectivity index (χ2n) is 7.93. The fraction of sp³-hybridized carbons (Fsp3) is 0.591. The van der Waals surface area contributed by atoms with Crippen LogP contribution in [-0.4, -0.2) is 64.4 Å². The van der Waals surface area contributed by atoms with Crippen molar-refractivity contribution in [1.29, 1.82) is 0 Å². The molecule has 180 valence electrons. The summed E-state index contributed by atoms with van der Waals surface area (Å²) in [7, 11) is 0. The number of aromatic hydroxyl groups is 1. The third-order valence-electron chi connectivity index (χ3n) is 5.31. The van der Waals surface area contributed by atoms with E-state index in [-0.39, 0.29) is 30.7 Å². The van der Waals surface area contributed by atoms with Crippen molar-refractivity contribution in [3.05, 3.63) is 29.8 Å². The van der Waals surface area contributed by atoms with Gasteiger partial charge in [0.05, 0.1) is 12.6 Å². The van der Waals surface area contributed by atoms with Gasteiger partial charge in [0.15, 0.2) is 5.96 Å². The fourth-order valence-electron chi connectivity index (χ4n) is 3.09. The molecule has 0 aliphatic rings. The number of carbonyl (C=O) groups is 2. The molecule has 4 atom stereocenters. The van der Waals surface area contributed by atoms with Gasteiger partial charge in [0.2, 0.25) is 11.8 Å². The molecule has 1 unspecified atom stereocenters. The molecular weight excluding hydrogens is 414 g/mol. The Balaban J connectivity index is 2.64. The molecule has 0 bridgehead atoms. The molecule has 2 amide bonds. The number of nitrogens with zero attached hydrogens (tertiary/aromatic N) is 1. The summed E-state index contributed by atoms with van der Waals surface area (Å²) in [6.07, 6.45) is 1.01. The highest BCUT2D eigenvalue weighted by atomic mass is 16.3. The van der Waals surface area contributed by atoms with Gasteiger partial charge in [0.1, 0.15) is 17.9 Å². The molecule has 1 aromatic rings. The molecule has 32 heavy (non-hydrogen) atoms. The maximum Gasteiger partial charge on any atom is 0.249 e. The van der Waals surface area contributed by atoms with Crippen LogP contribution < -0.4 is 22.1 Å². The molecule has 10 nitrogen and oxygen atoms in total. The largest absolute Gasteiger partial charge is 0.508 e. The number of aliphatic hydroxyl groups is 2. The number of aliphatic hydroxyl groups excluding tert-OH is 2. The minimum Gasteiger partial charge on any atom is -0.508 e. The van der Waals surface area contributed by atoms with Crippen molar-refractivity contribution >= 4 is 17.8 Å². The molecule has 0 spiro atoms. The van der Waals surface area contributed by atoms with E-state index in [1.807, 2.05) is 13.8 Å². The van der Waals surface area contributed by atoms with Crippen molar-refractivity contribution in [3.8, 4) is 5.75 Å². The summed E-state index contributed by atoms with van der Waals surface area (Å²) in [6.45, 7) is 3.86. The Hall–Kier alpha value is -2.85. The number of amides is 2. The van der Waals surface area contributed by atoms with E-state index in [2.05, 4.69) is 15.6 Å². The molecule has 0 aromatic heterocycles. The first-order valence-corrected chi connectivity index (χ1v) is 10.9. The van der Waals surface area contributed by atoms with Crippen LogP contribution in [0.15, 0.2) is 29.3 Å². The Bertz CT molecular complexity index is 737. The number of nitrogens with two attached hydrogens (primary N) is 2. The van der Waals surface area contributed by atoms with Crippen LogP contribution in [0.3, 0.4) is 0 Å². The number of rotatable bonds is 14. The van der Waals surface area contributed by atoms with Crippen LogP contribution in [0.2, 0.25) is 0 Å². The van der Waals surface area contributed by atoms with E-state index < -0.39 is 30.0 Å². The van der Waals surface area contributed by atoms with Gasteiger partial charge in [-0.3, -0.25) is 14.6 Å². The first-order valence-electron chi connectivity index (χ1n) is 10.9. The average Bonchev–Trinajstić information content (AvgIpc) is 2.77. The lowest BCUT2D eigenvalue weighted by molar-refractivity contribution is -0.135. The Morgan fingerprint density at radius 2 is 1.75 bits per heavy atom. The summed E-state index contributed by atoms with van der Waals surface area (Å²) in [5, 5.41) is 34.6. The standard InChI is InChI=1S/C22H37N5O5/c1-3-14(2)19(21(32)26-16(13-28)5-4-12-25-22(23)24)27-20(31)18(30)11-8-15-6-9-17(29)10-7-15/h6-7,9-10,14,16,18-19,28-30H,3-5,8,11-13H2,1-2H3,(H,26,32)(H,27,31)(H4,23,24,25)/t14-,16-,18?,19-/m0/s1. The fourth-order valence-corrected chi connectivity index (χ4v) is 3.09. The van der Waals surface area contributed by atoms with Crippen molar-refractivity contribution in [2.75, 3.05) is 13.2 Å². The van der Waals surface area contributed by atoms with Gasteiger partial charge in [-0.05, 0) is 49.3 Å². The van der Waals surface area contributed by atoms with E-state index in [9.17, 15) is 24.9 Å². The monoisotopic (exact) mass is 451 g/mol. The summed E-state index contributed by atoms with van der Waals surface area (Å²) in [5.41, 5.74) is 11.4. The number of nitrogens with one attached hydrogen (secondary N) is 2.